The summed E-state index contributed by atoms with van der Waals surface area (Å²) in [5.74, 6) is -1.37. The second kappa shape index (κ2) is 4.10. The Labute approximate surface area is 82.7 Å². The maximum Gasteiger partial charge on any atom is 0.307 e. The van der Waals surface area contributed by atoms with E-state index in [0.29, 0.717) is 0 Å². The Bertz CT molecular complexity index is 346. The van der Waals surface area contributed by atoms with Crippen molar-refractivity contribution in [3.05, 3.63) is 11.5 Å². The van der Waals surface area contributed by atoms with Crippen molar-refractivity contribution in [3.63, 3.8) is 0 Å². The first-order valence-corrected chi connectivity index (χ1v) is 5.99. The molecule has 1 heterocycles. The lowest BCUT2D eigenvalue weighted by atomic mass is 10.2. The molecule has 2 atom stereocenters. The largest absolute Gasteiger partial charge is 0.481 e. The molecule has 2 unspecified atom stereocenters. The maximum absolute atomic E-state index is 11.0. The Morgan fingerprint density at radius 1 is 1.71 bits per heavy atom. The zero-order chi connectivity index (χ0) is 10.8. The Kier molecular flexibility index (Phi) is 3.28. The molecule has 0 spiro atoms. The van der Waals surface area contributed by atoms with Gasteiger partial charge < -0.3 is 10.4 Å². The fraction of sp³-hybridized carbons (Fsp3) is 0.625. The zero-order valence-electron chi connectivity index (χ0n) is 7.80. The molecule has 0 saturated carbocycles. The van der Waals surface area contributed by atoms with Crippen molar-refractivity contribution >= 4 is 15.8 Å². The summed E-state index contributed by atoms with van der Waals surface area (Å²) < 4.78 is 22.0. The molecule has 0 fully saturated rings. The van der Waals surface area contributed by atoms with E-state index in [0.717, 1.165) is 5.41 Å². The van der Waals surface area contributed by atoms with Crippen LogP contribution in [-0.4, -0.2) is 37.8 Å². The standard InChI is InChI=1S/C8H13NO4S/c1-6(8(10)11)4-9-7-2-3-14(12,13)5-7/h2-3,6-7,9H,4-5H2,1H3,(H,10,11). The number of nitrogens with one attached hydrogen (secondary N) is 1. The van der Waals surface area contributed by atoms with Crippen molar-refractivity contribution in [3.8, 4) is 0 Å². The van der Waals surface area contributed by atoms with Gasteiger partial charge in [0.05, 0.1) is 11.7 Å². The quantitative estimate of drug-likeness (QED) is 0.672. The van der Waals surface area contributed by atoms with Crippen LogP contribution < -0.4 is 5.32 Å². The van der Waals surface area contributed by atoms with Crippen molar-refractivity contribution in [2.24, 2.45) is 5.92 Å². The first-order valence-electron chi connectivity index (χ1n) is 4.28. The van der Waals surface area contributed by atoms with E-state index < -0.39 is 21.7 Å². The predicted molar refractivity (Wildman–Crippen MR) is 51.5 cm³/mol. The highest BCUT2D eigenvalue weighted by Crippen LogP contribution is 2.08. The summed E-state index contributed by atoms with van der Waals surface area (Å²) in [5, 5.41) is 12.6. The van der Waals surface area contributed by atoms with Crippen LogP contribution in [0.15, 0.2) is 11.5 Å². The number of carbonyl (C=O) groups is 1. The third-order valence-corrected chi connectivity index (χ3v) is 3.43. The van der Waals surface area contributed by atoms with Crippen molar-refractivity contribution in [1.29, 1.82) is 0 Å². The summed E-state index contributed by atoms with van der Waals surface area (Å²) in [6.07, 6.45) is 1.55. The third-order valence-electron chi connectivity index (χ3n) is 2.04. The molecule has 0 radical (unpaired) electrons. The van der Waals surface area contributed by atoms with Crippen LogP contribution in [0.2, 0.25) is 0 Å². The molecular weight excluding hydrogens is 206 g/mol. The van der Waals surface area contributed by atoms with Crippen LogP contribution in [0.3, 0.4) is 0 Å². The first kappa shape index (κ1) is 11.2. The van der Waals surface area contributed by atoms with Crippen LogP contribution in [-0.2, 0) is 14.6 Å². The maximum atomic E-state index is 11.0. The molecule has 0 aromatic carbocycles. The van der Waals surface area contributed by atoms with Crippen LogP contribution in [0.4, 0.5) is 0 Å². The summed E-state index contributed by atoms with van der Waals surface area (Å²) in [4.78, 5) is 10.5. The van der Waals surface area contributed by atoms with Crippen molar-refractivity contribution in [1.82, 2.24) is 5.32 Å². The predicted octanol–water partition coefficient (Wildman–Crippen LogP) is -0.393. The fourth-order valence-corrected chi connectivity index (χ4v) is 2.39. The minimum Gasteiger partial charge on any atom is -0.481 e. The molecule has 0 amide bonds. The number of carboxylic acid groups (broad SMARTS) is 1. The number of aliphatic carboxylic acids is 1. The molecule has 80 valence electrons. The highest BCUT2D eigenvalue weighted by Gasteiger charge is 2.22. The number of rotatable bonds is 4. The molecule has 0 aliphatic carbocycles. The summed E-state index contributed by atoms with van der Waals surface area (Å²) >= 11 is 0. The van der Waals surface area contributed by atoms with Gasteiger partial charge in [-0.25, -0.2) is 8.42 Å². The minimum atomic E-state index is -3.05. The second-order valence-electron chi connectivity index (χ2n) is 3.41. The molecular formula is C8H13NO4S. The van der Waals surface area contributed by atoms with E-state index in [1.54, 1.807) is 13.0 Å². The van der Waals surface area contributed by atoms with Crippen LogP contribution >= 0.6 is 0 Å². The van der Waals surface area contributed by atoms with Gasteiger partial charge in [0.1, 0.15) is 0 Å². The topological polar surface area (TPSA) is 83.5 Å². The molecule has 6 heteroatoms. The van der Waals surface area contributed by atoms with Gasteiger partial charge in [-0.2, -0.15) is 0 Å². The SMILES string of the molecule is CC(CNC1C=CS(=O)(=O)C1)C(=O)O. The summed E-state index contributed by atoms with van der Waals surface area (Å²) in [7, 11) is -3.05. The van der Waals surface area contributed by atoms with Gasteiger partial charge in [0, 0.05) is 18.0 Å². The Hall–Kier alpha value is -0.880. The fourth-order valence-electron chi connectivity index (χ4n) is 1.12. The molecule has 1 aliphatic rings. The monoisotopic (exact) mass is 219 g/mol. The van der Waals surface area contributed by atoms with E-state index in [1.165, 1.54) is 0 Å². The smallest absolute Gasteiger partial charge is 0.307 e. The van der Waals surface area contributed by atoms with Crippen LogP contribution in [0, 0.1) is 5.92 Å². The number of carboxylic acids is 1. The Morgan fingerprint density at radius 2 is 2.36 bits per heavy atom. The average Bonchev–Trinajstić information content (AvgIpc) is 2.41. The zero-order valence-corrected chi connectivity index (χ0v) is 8.62. The molecule has 2 N–H and O–H groups in total. The average molecular weight is 219 g/mol. The van der Waals surface area contributed by atoms with E-state index in [-0.39, 0.29) is 18.3 Å². The molecule has 1 aliphatic heterocycles. The van der Waals surface area contributed by atoms with Crippen LogP contribution in [0.5, 0.6) is 0 Å². The van der Waals surface area contributed by atoms with Gasteiger partial charge in [0.2, 0.25) is 0 Å². The van der Waals surface area contributed by atoms with E-state index in [2.05, 4.69) is 5.32 Å². The van der Waals surface area contributed by atoms with Crippen molar-refractivity contribution < 1.29 is 18.3 Å². The third kappa shape index (κ3) is 3.12. The number of sulfone groups is 1. The minimum absolute atomic E-state index is 0.0271. The van der Waals surface area contributed by atoms with Gasteiger partial charge in [-0.1, -0.05) is 13.0 Å². The molecule has 14 heavy (non-hydrogen) atoms. The normalized spacial score (nSPS) is 26.2. The molecule has 0 aromatic heterocycles. The van der Waals surface area contributed by atoms with Gasteiger partial charge in [-0.05, 0) is 0 Å². The van der Waals surface area contributed by atoms with Crippen LogP contribution in [0.1, 0.15) is 6.92 Å². The lowest BCUT2D eigenvalue weighted by Crippen LogP contribution is -2.35. The molecule has 0 saturated heterocycles. The lowest BCUT2D eigenvalue weighted by molar-refractivity contribution is -0.140. The number of hydrogen-bond acceptors (Lipinski definition) is 4. The van der Waals surface area contributed by atoms with Crippen LogP contribution in [0.25, 0.3) is 0 Å². The molecule has 5 nitrogen and oxygen atoms in total. The highest BCUT2D eigenvalue weighted by molar-refractivity contribution is 7.94. The summed E-state index contributed by atoms with van der Waals surface area (Å²) in [6, 6.07) is -0.248. The lowest BCUT2D eigenvalue weighted by Gasteiger charge is -2.11. The van der Waals surface area contributed by atoms with Gasteiger partial charge >= 0.3 is 5.97 Å². The second-order valence-corrected chi connectivity index (χ2v) is 5.34. The van der Waals surface area contributed by atoms with Crippen molar-refractivity contribution in [2.75, 3.05) is 12.3 Å². The Morgan fingerprint density at radius 3 is 2.79 bits per heavy atom. The van der Waals surface area contributed by atoms with E-state index in [1.807, 2.05) is 0 Å². The number of hydrogen-bond donors (Lipinski definition) is 2. The molecule has 0 aromatic rings. The van der Waals surface area contributed by atoms with Gasteiger partial charge in [0.15, 0.2) is 9.84 Å². The summed E-state index contributed by atoms with van der Waals surface area (Å²) in [6.45, 7) is 1.85. The first-order chi connectivity index (χ1) is 6.41. The van der Waals surface area contributed by atoms with Gasteiger partial charge in [-0.3, -0.25) is 4.79 Å². The van der Waals surface area contributed by atoms with E-state index in [4.69, 9.17) is 5.11 Å². The van der Waals surface area contributed by atoms with Gasteiger partial charge in [-0.15, -0.1) is 0 Å². The Balaban J connectivity index is 2.35. The molecule has 1 rings (SSSR count). The molecule has 0 bridgehead atoms. The highest BCUT2D eigenvalue weighted by atomic mass is 32.2. The van der Waals surface area contributed by atoms with Crippen molar-refractivity contribution in [2.45, 2.75) is 13.0 Å². The van der Waals surface area contributed by atoms with E-state index in [9.17, 15) is 13.2 Å². The van der Waals surface area contributed by atoms with Gasteiger partial charge in [0.25, 0.3) is 0 Å². The van der Waals surface area contributed by atoms with E-state index >= 15 is 0 Å². The summed E-state index contributed by atoms with van der Waals surface area (Å²) in [5.41, 5.74) is 0.